The highest BCUT2D eigenvalue weighted by atomic mass is 19.1. The van der Waals surface area contributed by atoms with Crippen LogP contribution in [0.15, 0.2) is 12.1 Å². The van der Waals surface area contributed by atoms with Crippen LogP contribution in [-0.2, 0) is 16.0 Å². The monoisotopic (exact) mass is 291 g/mol. The SMILES string of the molecule is COC1(CC(=O)c2cc3c(cc2F)NC(=O)CC3)CCC1. The Bertz CT molecular complexity index is 602. The topological polar surface area (TPSA) is 55.4 Å². The van der Waals surface area contributed by atoms with Crippen LogP contribution in [0.2, 0.25) is 0 Å². The van der Waals surface area contributed by atoms with Crippen molar-refractivity contribution >= 4 is 17.4 Å². The van der Waals surface area contributed by atoms with Gasteiger partial charge in [-0.15, -0.1) is 0 Å². The van der Waals surface area contributed by atoms with Gasteiger partial charge in [0.1, 0.15) is 5.82 Å². The molecular weight excluding hydrogens is 273 g/mol. The number of methoxy groups -OCH3 is 1. The van der Waals surface area contributed by atoms with E-state index in [0.29, 0.717) is 18.5 Å². The zero-order valence-corrected chi connectivity index (χ0v) is 12.0. The summed E-state index contributed by atoms with van der Waals surface area (Å²) in [6.07, 6.45) is 3.85. The molecule has 1 aliphatic carbocycles. The molecular formula is C16H18FNO3. The Hall–Kier alpha value is -1.75. The predicted molar refractivity (Wildman–Crippen MR) is 75.9 cm³/mol. The first-order chi connectivity index (χ1) is 10.0. The molecule has 4 nitrogen and oxygen atoms in total. The van der Waals surface area contributed by atoms with Crippen molar-refractivity contribution in [3.63, 3.8) is 0 Å². The van der Waals surface area contributed by atoms with Gasteiger partial charge in [-0.2, -0.15) is 0 Å². The van der Waals surface area contributed by atoms with Gasteiger partial charge in [0, 0.05) is 25.6 Å². The molecule has 2 aliphatic rings. The Balaban J connectivity index is 1.85. The number of ether oxygens (including phenoxy) is 1. The lowest BCUT2D eigenvalue weighted by atomic mass is 9.75. The summed E-state index contributed by atoms with van der Waals surface area (Å²) < 4.78 is 19.6. The van der Waals surface area contributed by atoms with Crippen molar-refractivity contribution in [3.05, 3.63) is 29.1 Å². The number of anilines is 1. The van der Waals surface area contributed by atoms with Gasteiger partial charge in [0.25, 0.3) is 0 Å². The maximum absolute atomic E-state index is 14.1. The van der Waals surface area contributed by atoms with Crippen LogP contribution in [0.3, 0.4) is 0 Å². The number of rotatable bonds is 4. The van der Waals surface area contributed by atoms with Crippen LogP contribution in [-0.4, -0.2) is 24.4 Å². The Morgan fingerprint density at radius 3 is 2.76 bits per heavy atom. The van der Waals surface area contributed by atoms with Crippen LogP contribution >= 0.6 is 0 Å². The number of benzene rings is 1. The number of halogens is 1. The van der Waals surface area contributed by atoms with E-state index in [2.05, 4.69) is 5.32 Å². The number of hydrogen-bond acceptors (Lipinski definition) is 3. The predicted octanol–water partition coefficient (Wildman–Crippen LogP) is 2.85. The smallest absolute Gasteiger partial charge is 0.224 e. The van der Waals surface area contributed by atoms with Gasteiger partial charge in [-0.05, 0) is 43.4 Å². The molecule has 1 aromatic rings. The maximum Gasteiger partial charge on any atom is 0.224 e. The first-order valence-electron chi connectivity index (χ1n) is 7.24. The highest BCUT2D eigenvalue weighted by Crippen LogP contribution is 2.39. The molecule has 0 bridgehead atoms. The normalized spacial score (nSPS) is 19.4. The van der Waals surface area contributed by atoms with Crippen LogP contribution in [0.1, 0.15) is 48.0 Å². The highest BCUT2D eigenvalue weighted by Gasteiger charge is 2.39. The van der Waals surface area contributed by atoms with Crippen molar-refractivity contribution in [1.29, 1.82) is 0 Å². The fourth-order valence-corrected chi connectivity index (χ4v) is 3.03. The Morgan fingerprint density at radius 1 is 1.38 bits per heavy atom. The lowest BCUT2D eigenvalue weighted by Crippen LogP contribution is -2.41. The first kappa shape index (κ1) is 14.2. The second-order valence-corrected chi connectivity index (χ2v) is 5.88. The zero-order chi connectivity index (χ0) is 15.0. The molecule has 5 heteroatoms. The molecule has 1 heterocycles. The molecule has 1 N–H and O–H groups in total. The minimum Gasteiger partial charge on any atom is -0.378 e. The molecule has 0 saturated heterocycles. The van der Waals surface area contributed by atoms with E-state index >= 15 is 0 Å². The van der Waals surface area contributed by atoms with Gasteiger partial charge in [-0.3, -0.25) is 9.59 Å². The summed E-state index contributed by atoms with van der Waals surface area (Å²) in [5, 5.41) is 2.63. The van der Waals surface area contributed by atoms with Gasteiger partial charge < -0.3 is 10.1 Å². The molecule has 21 heavy (non-hydrogen) atoms. The number of carbonyl (C=O) groups is 2. The van der Waals surface area contributed by atoms with E-state index in [1.807, 2.05) is 0 Å². The van der Waals surface area contributed by atoms with E-state index in [9.17, 15) is 14.0 Å². The molecule has 112 valence electrons. The number of amides is 1. The molecule has 0 aromatic heterocycles. The summed E-state index contributed by atoms with van der Waals surface area (Å²) in [7, 11) is 1.60. The van der Waals surface area contributed by atoms with Crippen molar-refractivity contribution in [3.8, 4) is 0 Å². The maximum atomic E-state index is 14.1. The third-order valence-corrected chi connectivity index (χ3v) is 4.57. The standard InChI is InChI=1S/C16H18FNO3/c1-21-16(5-2-6-16)9-14(19)11-7-10-3-4-15(20)18-13(10)8-12(11)17/h7-8H,2-6,9H2,1H3,(H,18,20). The fourth-order valence-electron chi connectivity index (χ4n) is 3.03. The molecule has 0 unspecified atom stereocenters. The number of nitrogens with one attached hydrogen (secondary N) is 1. The Kier molecular flexibility index (Phi) is 3.53. The summed E-state index contributed by atoms with van der Waals surface area (Å²) >= 11 is 0. The molecule has 0 spiro atoms. The highest BCUT2D eigenvalue weighted by molar-refractivity contribution is 5.99. The van der Waals surface area contributed by atoms with Crippen LogP contribution in [0.4, 0.5) is 10.1 Å². The van der Waals surface area contributed by atoms with E-state index in [0.717, 1.165) is 24.8 Å². The van der Waals surface area contributed by atoms with Crippen LogP contribution in [0.5, 0.6) is 0 Å². The molecule has 1 saturated carbocycles. The number of ketones is 1. The Labute approximate surface area is 122 Å². The van der Waals surface area contributed by atoms with Crippen LogP contribution < -0.4 is 5.32 Å². The van der Waals surface area contributed by atoms with Crippen LogP contribution in [0, 0.1) is 5.82 Å². The van der Waals surface area contributed by atoms with Crippen molar-refractivity contribution < 1.29 is 18.7 Å². The summed E-state index contributed by atoms with van der Waals surface area (Å²) in [6.45, 7) is 0. The van der Waals surface area contributed by atoms with Gasteiger partial charge >= 0.3 is 0 Å². The van der Waals surface area contributed by atoms with Gasteiger partial charge in [0.05, 0.1) is 11.2 Å². The molecule has 1 aromatic carbocycles. The lowest BCUT2D eigenvalue weighted by Gasteiger charge is -2.40. The fraction of sp³-hybridized carbons (Fsp3) is 0.500. The second kappa shape index (κ2) is 5.22. The number of carbonyl (C=O) groups excluding carboxylic acids is 2. The third kappa shape index (κ3) is 2.58. The number of hydrogen-bond donors (Lipinski definition) is 1. The lowest BCUT2D eigenvalue weighted by molar-refractivity contribution is -0.116. The second-order valence-electron chi connectivity index (χ2n) is 5.88. The van der Waals surface area contributed by atoms with E-state index in [-0.39, 0.29) is 23.7 Å². The molecule has 0 atom stereocenters. The molecule has 1 amide bonds. The third-order valence-electron chi connectivity index (χ3n) is 4.57. The van der Waals surface area contributed by atoms with Crippen LogP contribution in [0.25, 0.3) is 0 Å². The van der Waals surface area contributed by atoms with Gasteiger partial charge in [0.15, 0.2) is 5.78 Å². The number of fused-ring (bicyclic) bond motifs is 1. The van der Waals surface area contributed by atoms with E-state index in [1.165, 1.54) is 6.07 Å². The summed E-state index contributed by atoms with van der Waals surface area (Å²) in [5.41, 5.74) is 0.992. The van der Waals surface area contributed by atoms with Crippen molar-refractivity contribution in [1.82, 2.24) is 0 Å². The zero-order valence-electron chi connectivity index (χ0n) is 12.0. The Morgan fingerprint density at radius 2 is 2.14 bits per heavy atom. The number of aryl methyl sites for hydroxylation is 1. The van der Waals surface area contributed by atoms with Gasteiger partial charge in [0.2, 0.25) is 5.91 Å². The summed E-state index contributed by atoms with van der Waals surface area (Å²) in [4.78, 5) is 23.7. The average molecular weight is 291 g/mol. The first-order valence-corrected chi connectivity index (χ1v) is 7.24. The minimum atomic E-state index is -0.577. The van der Waals surface area contributed by atoms with Crippen molar-refractivity contribution in [2.24, 2.45) is 0 Å². The van der Waals surface area contributed by atoms with Gasteiger partial charge in [-0.25, -0.2) is 4.39 Å². The number of Topliss-reactive ketones (excluding diaryl/α,β-unsaturated/α-hetero) is 1. The molecule has 3 rings (SSSR count). The van der Waals surface area contributed by atoms with Crippen molar-refractivity contribution in [2.75, 3.05) is 12.4 Å². The quantitative estimate of drug-likeness (QED) is 0.868. The molecule has 0 radical (unpaired) electrons. The van der Waals surface area contributed by atoms with E-state index < -0.39 is 11.4 Å². The van der Waals surface area contributed by atoms with E-state index in [1.54, 1.807) is 13.2 Å². The van der Waals surface area contributed by atoms with E-state index in [4.69, 9.17) is 4.74 Å². The van der Waals surface area contributed by atoms with Crippen molar-refractivity contribution in [2.45, 2.75) is 44.1 Å². The minimum absolute atomic E-state index is 0.105. The summed E-state index contributed by atoms with van der Waals surface area (Å²) in [5.74, 6) is -0.922. The average Bonchev–Trinajstić information content (AvgIpc) is 2.41. The van der Waals surface area contributed by atoms with Gasteiger partial charge in [-0.1, -0.05) is 0 Å². The largest absolute Gasteiger partial charge is 0.378 e. The summed E-state index contributed by atoms with van der Waals surface area (Å²) in [6, 6.07) is 2.83. The molecule has 1 fully saturated rings. The molecule has 1 aliphatic heterocycles.